The van der Waals surface area contributed by atoms with E-state index in [0.717, 1.165) is 12.2 Å². The molecule has 0 aromatic heterocycles. The molecule has 18 heavy (non-hydrogen) atoms. The molecule has 0 fully saturated rings. The summed E-state index contributed by atoms with van der Waals surface area (Å²) in [7, 11) is 0. The maximum Gasteiger partial charge on any atom is 0.330 e. The number of nitrogens with two attached hydrogens (primary N) is 1. The minimum absolute atomic E-state index is 0.0107. The standard InChI is InChI=1S/C11H16N2O5/c1-3-9(14)17-7-5-13(11(12)16)6-8-18-10(15)4-2/h3-4H,1-2,5-8H2,(H2,12,16). The Hall–Kier alpha value is -2.31. The summed E-state index contributed by atoms with van der Waals surface area (Å²) >= 11 is 0. The molecule has 0 radical (unpaired) electrons. The molecule has 7 heteroatoms. The summed E-state index contributed by atoms with van der Waals surface area (Å²) in [5.74, 6) is -1.17. The van der Waals surface area contributed by atoms with Gasteiger partial charge in [0, 0.05) is 12.2 Å². The second kappa shape index (κ2) is 8.80. The third-order valence-corrected chi connectivity index (χ3v) is 1.86. The minimum Gasteiger partial charge on any atom is -0.461 e. The first-order valence-electron chi connectivity index (χ1n) is 5.14. The van der Waals surface area contributed by atoms with Crippen LogP contribution in [0.25, 0.3) is 0 Å². The van der Waals surface area contributed by atoms with Crippen molar-refractivity contribution in [3.05, 3.63) is 25.3 Å². The van der Waals surface area contributed by atoms with Gasteiger partial charge in [-0.3, -0.25) is 0 Å². The molecule has 0 aliphatic carbocycles. The van der Waals surface area contributed by atoms with Crippen LogP contribution in [0.15, 0.2) is 25.3 Å². The van der Waals surface area contributed by atoms with Crippen molar-refractivity contribution in [1.82, 2.24) is 4.90 Å². The molecule has 0 aromatic carbocycles. The molecule has 0 unspecified atom stereocenters. The van der Waals surface area contributed by atoms with Crippen molar-refractivity contribution >= 4 is 18.0 Å². The minimum atomic E-state index is -0.695. The maximum absolute atomic E-state index is 11.0. The van der Waals surface area contributed by atoms with Gasteiger partial charge in [0.05, 0.1) is 13.1 Å². The monoisotopic (exact) mass is 256 g/mol. The number of hydrogen-bond donors (Lipinski definition) is 1. The Kier molecular flexibility index (Phi) is 7.67. The van der Waals surface area contributed by atoms with Crippen molar-refractivity contribution < 1.29 is 23.9 Å². The van der Waals surface area contributed by atoms with Gasteiger partial charge in [0.15, 0.2) is 0 Å². The fraction of sp³-hybridized carbons (Fsp3) is 0.364. The van der Waals surface area contributed by atoms with E-state index in [4.69, 9.17) is 15.2 Å². The summed E-state index contributed by atoms with van der Waals surface area (Å²) in [6.07, 6.45) is 2.03. The van der Waals surface area contributed by atoms with Gasteiger partial charge in [-0.05, 0) is 0 Å². The lowest BCUT2D eigenvalue weighted by atomic mass is 10.5. The molecule has 0 rings (SSSR count). The Morgan fingerprint density at radius 3 is 1.67 bits per heavy atom. The molecule has 0 saturated heterocycles. The van der Waals surface area contributed by atoms with Crippen LogP contribution in [-0.4, -0.2) is 49.2 Å². The zero-order valence-corrected chi connectivity index (χ0v) is 9.96. The van der Waals surface area contributed by atoms with E-state index in [9.17, 15) is 14.4 Å². The highest BCUT2D eigenvalue weighted by Crippen LogP contribution is 1.91. The number of hydrogen-bond acceptors (Lipinski definition) is 5. The SMILES string of the molecule is C=CC(=O)OCCN(CCOC(=O)C=C)C(N)=O. The molecule has 2 amide bonds. The molecule has 0 spiro atoms. The lowest BCUT2D eigenvalue weighted by Crippen LogP contribution is -2.40. The molecule has 0 heterocycles. The van der Waals surface area contributed by atoms with Gasteiger partial charge in [0.2, 0.25) is 0 Å². The zero-order valence-electron chi connectivity index (χ0n) is 9.96. The third kappa shape index (κ3) is 7.04. The summed E-state index contributed by atoms with van der Waals surface area (Å²) < 4.78 is 9.38. The summed E-state index contributed by atoms with van der Waals surface area (Å²) in [6.45, 7) is 6.65. The van der Waals surface area contributed by atoms with E-state index in [1.807, 2.05) is 0 Å². The summed E-state index contributed by atoms with van der Waals surface area (Å²) in [5, 5.41) is 0. The molecule has 0 atom stereocenters. The first-order valence-corrected chi connectivity index (χ1v) is 5.14. The van der Waals surface area contributed by atoms with Crippen molar-refractivity contribution in [2.45, 2.75) is 0 Å². The van der Waals surface area contributed by atoms with Crippen molar-refractivity contribution in [3.63, 3.8) is 0 Å². The maximum atomic E-state index is 11.0. The molecular weight excluding hydrogens is 240 g/mol. The largest absolute Gasteiger partial charge is 0.461 e. The fourth-order valence-electron chi connectivity index (χ4n) is 0.963. The molecule has 7 nitrogen and oxygen atoms in total. The predicted octanol–water partition coefficient (Wildman–Crippen LogP) is -0.174. The van der Waals surface area contributed by atoms with Crippen LogP contribution in [-0.2, 0) is 19.1 Å². The van der Waals surface area contributed by atoms with Gasteiger partial charge in [0.25, 0.3) is 0 Å². The molecule has 0 bridgehead atoms. The van der Waals surface area contributed by atoms with Crippen LogP contribution in [0.3, 0.4) is 0 Å². The Balaban J connectivity index is 3.96. The average Bonchev–Trinajstić information content (AvgIpc) is 2.35. The zero-order chi connectivity index (χ0) is 14.0. The van der Waals surface area contributed by atoms with Crippen LogP contribution >= 0.6 is 0 Å². The van der Waals surface area contributed by atoms with Gasteiger partial charge < -0.3 is 20.1 Å². The second-order valence-corrected chi connectivity index (χ2v) is 3.07. The van der Waals surface area contributed by atoms with Gasteiger partial charge in [-0.25, -0.2) is 14.4 Å². The van der Waals surface area contributed by atoms with Crippen LogP contribution in [0.4, 0.5) is 4.79 Å². The highest BCUT2D eigenvalue weighted by Gasteiger charge is 2.10. The number of carbonyl (C=O) groups is 3. The molecule has 0 aromatic rings. The number of nitrogens with zero attached hydrogens (tertiary/aromatic N) is 1. The number of amides is 2. The van der Waals surface area contributed by atoms with E-state index in [1.54, 1.807) is 0 Å². The highest BCUT2D eigenvalue weighted by molar-refractivity contribution is 5.81. The van der Waals surface area contributed by atoms with E-state index < -0.39 is 18.0 Å². The quantitative estimate of drug-likeness (QED) is 0.480. The first kappa shape index (κ1) is 15.7. The van der Waals surface area contributed by atoms with E-state index in [1.165, 1.54) is 4.90 Å². The van der Waals surface area contributed by atoms with E-state index in [0.29, 0.717) is 0 Å². The third-order valence-electron chi connectivity index (χ3n) is 1.86. The Bertz CT molecular complexity index is 314. The van der Waals surface area contributed by atoms with Gasteiger partial charge >= 0.3 is 18.0 Å². The highest BCUT2D eigenvalue weighted by atomic mass is 16.5. The number of urea groups is 1. The fourth-order valence-corrected chi connectivity index (χ4v) is 0.963. The number of ether oxygens (including phenoxy) is 2. The number of esters is 2. The Labute approximate surface area is 105 Å². The van der Waals surface area contributed by atoms with Gasteiger partial charge in [-0.15, -0.1) is 0 Å². The summed E-state index contributed by atoms with van der Waals surface area (Å²) in [5.41, 5.74) is 5.10. The molecule has 0 aliphatic rings. The second-order valence-electron chi connectivity index (χ2n) is 3.07. The lowest BCUT2D eigenvalue weighted by molar-refractivity contribution is -0.138. The Morgan fingerprint density at radius 2 is 1.39 bits per heavy atom. The normalized spacial score (nSPS) is 9.11. The van der Waals surface area contributed by atoms with Crippen molar-refractivity contribution in [1.29, 1.82) is 0 Å². The molecule has 0 saturated carbocycles. The lowest BCUT2D eigenvalue weighted by Gasteiger charge is -2.19. The number of primary amides is 1. The van der Waals surface area contributed by atoms with Gasteiger partial charge in [-0.1, -0.05) is 13.2 Å². The van der Waals surface area contributed by atoms with Crippen molar-refractivity contribution in [3.8, 4) is 0 Å². The van der Waals surface area contributed by atoms with Crippen molar-refractivity contribution in [2.75, 3.05) is 26.3 Å². The Morgan fingerprint density at radius 1 is 1.00 bits per heavy atom. The van der Waals surface area contributed by atoms with Crippen LogP contribution in [0.5, 0.6) is 0 Å². The van der Waals surface area contributed by atoms with E-state index >= 15 is 0 Å². The number of rotatable bonds is 8. The van der Waals surface area contributed by atoms with E-state index in [2.05, 4.69) is 13.2 Å². The van der Waals surface area contributed by atoms with Crippen LogP contribution in [0.1, 0.15) is 0 Å². The number of carbonyl (C=O) groups excluding carboxylic acids is 3. The van der Waals surface area contributed by atoms with Gasteiger partial charge in [-0.2, -0.15) is 0 Å². The molecule has 100 valence electrons. The molecular formula is C11H16N2O5. The van der Waals surface area contributed by atoms with Crippen LogP contribution < -0.4 is 5.73 Å². The van der Waals surface area contributed by atoms with E-state index in [-0.39, 0.29) is 26.3 Å². The first-order chi connectivity index (χ1) is 8.51. The van der Waals surface area contributed by atoms with Gasteiger partial charge in [0.1, 0.15) is 13.2 Å². The predicted molar refractivity (Wildman–Crippen MR) is 63.5 cm³/mol. The topological polar surface area (TPSA) is 98.9 Å². The smallest absolute Gasteiger partial charge is 0.330 e. The van der Waals surface area contributed by atoms with Crippen LogP contribution in [0.2, 0.25) is 0 Å². The summed E-state index contributed by atoms with van der Waals surface area (Å²) in [4.78, 5) is 33.7. The molecule has 0 aliphatic heterocycles. The average molecular weight is 256 g/mol. The van der Waals surface area contributed by atoms with Crippen LogP contribution in [0, 0.1) is 0 Å². The van der Waals surface area contributed by atoms with Crippen molar-refractivity contribution in [2.24, 2.45) is 5.73 Å². The summed E-state index contributed by atoms with van der Waals surface area (Å²) in [6, 6.07) is -0.695. The molecule has 2 N–H and O–H groups in total.